The van der Waals surface area contributed by atoms with E-state index in [1.54, 1.807) is 31.2 Å². The molecule has 0 fully saturated rings. The second-order valence-corrected chi connectivity index (χ2v) is 6.15. The van der Waals surface area contributed by atoms with Crippen molar-refractivity contribution in [1.29, 1.82) is 0 Å². The van der Waals surface area contributed by atoms with Crippen molar-refractivity contribution in [3.63, 3.8) is 0 Å². The maximum absolute atomic E-state index is 13.2. The van der Waals surface area contributed by atoms with Gasteiger partial charge in [-0.15, -0.1) is 0 Å². The second-order valence-electron chi connectivity index (χ2n) is 5.71. The van der Waals surface area contributed by atoms with Gasteiger partial charge in [0.05, 0.1) is 0 Å². The number of nitrogens with one attached hydrogen (secondary N) is 1. The van der Waals surface area contributed by atoms with Crippen molar-refractivity contribution in [3.8, 4) is 11.4 Å². The minimum absolute atomic E-state index is 0.231. The molecule has 0 aliphatic rings. The van der Waals surface area contributed by atoms with Gasteiger partial charge in [0.15, 0.2) is 0 Å². The topological polar surface area (TPSA) is 64.0 Å². The summed E-state index contributed by atoms with van der Waals surface area (Å²) in [6.07, 6.45) is 0. The molecule has 0 aliphatic carbocycles. The number of rotatable bonds is 4. The van der Waals surface area contributed by atoms with Crippen molar-refractivity contribution in [2.24, 2.45) is 0 Å². The number of anilines is 1. The standard InChI is InChI=1S/C19H15ClFN3O2/c1-12-9-18(26)24(19(22-12)13-5-7-15(21)8-6-13)11-17(25)23-16-4-2-3-14(20)10-16/h2-10H,11H2,1H3,(H,23,25). The van der Waals surface area contributed by atoms with Crippen LogP contribution in [0.4, 0.5) is 10.1 Å². The van der Waals surface area contributed by atoms with Gasteiger partial charge in [-0.3, -0.25) is 14.2 Å². The number of halogens is 2. The number of hydrogen-bond acceptors (Lipinski definition) is 3. The third-order valence-corrected chi connectivity index (χ3v) is 3.88. The first-order valence-corrected chi connectivity index (χ1v) is 8.20. The van der Waals surface area contributed by atoms with Gasteiger partial charge in [0.25, 0.3) is 5.56 Å². The minimum atomic E-state index is -0.400. The molecule has 0 atom stereocenters. The summed E-state index contributed by atoms with van der Waals surface area (Å²) in [5.41, 5.74) is 1.22. The number of carbonyl (C=O) groups is 1. The van der Waals surface area contributed by atoms with Crippen LogP contribution in [-0.2, 0) is 11.3 Å². The van der Waals surface area contributed by atoms with Crippen molar-refractivity contribution in [1.82, 2.24) is 9.55 Å². The molecule has 1 heterocycles. The lowest BCUT2D eigenvalue weighted by Crippen LogP contribution is -2.29. The van der Waals surface area contributed by atoms with Crippen molar-refractivity contribution in [3.05, 3.63) is 81.5 Å². The normalized spacial score (nSPS) is 10.6. The average Bonchev–Trinajstić information content (AvgIpc) is 2.58. The zero-order valence-electron chi connectivity index (χ0n) is 13.9. The van der Waals surface area contributed by atoms with Crippen LogP contribution in [-0.4, -0.2) is 15.5 Å². The zero-order valence-corrected chi connectivity index (χ0v) is 14.6. The molecule has 7 heteroatoms. The molecule has 3 aromatic rings. The third kappa shape index (κ3) is 4.15. The largest absolute Gasteiger partial charge is 0.324 e. The van der Waals surface area contributed by atoms with Crippen LogP contribution in [0, 0.1) is 12.7 Å². The average molecular weight is 372 g/mol. The summed E-state index contributed by atoms with van der Waals surface area (Å²) < 4.78 is 14.4. The van der Waals surface area contributed by atoms with Crippen molar-refractivity contribution in [2.45, 2.75) is 13.5 Å². The summed E-state index contributed by atoms with van der Waals surface area (Å²) in [6, 6.07) is 13.6. The lowest BCUT2D eigenvalue weighted by molar-refractivity contribution is -0.116. The number of aryl methyl sites for hydroxylation is 1. The van der Waals surface area contributed by atoms with Crippen LogP contribution in [0.2, 0.25) is 5.02 Å². The Labute approximate surface area is 154 Å². The Bertz CT molecular complexity index is 1020. The quantitative estimate of drug-likeness (QED) is 0.761. The molecule has 0 saturated heterocycles. The molecular formula is C19H15ClFN3O2. The van der Waals surface area contributed by atoms with E-state index in [0.717, 1.165) is 0 Å². The molecule has 0 bridgehead atoms. The summed E-state index contributed by atoms with van der Waals surface area (Å²) in [6.45, 7) is 1.45. The molecule has 0 aliphatic heterocycles. The number of benzene rings is 2. The molecule has 5 nitrogen and oxygen atoms in total. The van der Waals surface area contributed by atoms with E-state index in [4.69, 9.17) is 11.6 Å². The fourth-order valence-electron chi connectivity index (χ4n) is 2.50. The highest BCUT2D eigenvalue weighted by Gasteiger charge is 2.13. The SMILES string of the molecule is Cc1cc(=O)n(CC(=O)Nc2cccc(Cl)c2)c(-c2ccc(F)cc2)n1. The summed E-state index contributed by atoms with van der Waals surface area (Å²) in [5, 5.41) is 3.18. The van der Waals surface area contributed by atoms with Crippen LogP contribution in [0.5, 0.6) is 0 Å². The van der Waals surface area contributed by atoms with Gasteiger partial charge >= 0.3 is 0 Å². The number of nitrogens with zero attached hydrogens (tertiary/aromatic N) is 2. The van der Waals surface area contributed by atoms with Gasteiger partial charge in [0.1, 0.15) is 18.2 Å². The van der Waals surface area contributed by atoms with Gasteiger partial charge in [-0.1, -0.05) is 17.7 Å². The van der Waals surface area contributed by atoms with Crippen LogP contribution in [0.1, 0.15) is 5.69 Å². The maximum atomic E-state index is 13.2. The fraction of sp³-hybridized carbons (Fsp3) is 0.105. The Hall–Kier alpha value is -2.99. The molecule has 0 spiro atoms. The Morgan fingerprint density at radius 3 is 2.62 bits per heavy atom. The highest BCUT2D eigenvalue weighted by molar-refractivity contribution is 6.30. The third-order valence-electron chi connectivity index (χ3n) is 3.65. The molecule has 2 aromatic carbocycles. The summed E-state index contributed by atoms with van der Waals surface area (Å²) in [7, 11) is 0. The fourth-order valence-corrected chi connectivity index (χ4v) is 2.69. The number of aromatic nitrogens is 2. The predicted molar refractivity (Wildman–Crippen MR) is 98.7 cm³/mol. The van der Waals surface area contributed by atoms with Gasteiger partial charge in [-0.25, -0.2) is 9.37 Å². The summed E-state index contributed by atoms with van der Waals surface area (Å²) in [4.78, 5) is 29.1. The predicted octanol–water partition coefficient (Wildman–Crippen LogP) is 3.65. The lowest BCUT2D eigenvalue weighted by Gasteiger charge is -2.13. The van der Waals surface area contributed by atoms with Gasteiger partial charge in [-0.05, 0) is 49.4 Å². The Morgan fingerprint density at radius 1 is 1.19 bits per heavy atom. The Kier molecular flexibility index (Phi) is 5.14. The maximum Gasteiger partial charge on any atom is 0.254 e. The van der Waals surface area contributed by atoms with Crippen molar-refractivity contribution >= 4 is 23.2 Å². The molecule has 1 aromatic heterocycles. The van der Waals surface area contributed by atoms with E-state index in [0.29, 0.717) is 27.8 Å². The van der Waals surface area contributed by atoms with Crippen LogP contribution in [0.25, 0.3) is 11.4 Å². The molecule has 132 valence electrons. The van der Waals surface area contributed by atoms with Gasteiger partial charge in [0, 0.05) is 28.0 Å². The number of hydrogen-bond donors (Lipinski definition) is 1. The highest BCUT2D eigenvalue weighted by atomic mass is 35.5. The van der Waals surface area contributed by atoms with Gasteiger partial charge in [0.2, 0.25) is 5.91 Å². The first kappa shape index (κ1) is 17.8. The van der Waals surface area contributed by atoms with E-state index in [1.165, 1.54) is 34.9 Å². The molecular weight excluding hydrogens is 357 g/mol. The molecule has 0 unspecified atom stereocenters. The molecule has 0 radical (unpaired) electrons. The minimum Gasteiger partial charge on any atom is -0.324 e. The zero-order chi connectivity index (χ0) is 18.7. The highest BCUT2D eigenvalue weighted by Crippen LogP contribution is 2.18. The van der Waals surface area contributed by atoms with Crippen LogP contribution < -0.4 is 10.9 Å². The van der Waals surface area contributed by atoms with Crippen LogP contribution in [0.3, 0.4) is 0 Å². The van der Waals surface area contributed by atoms with Crippen molar-refractivity contribution < 1.29 is 9.18 Å². The van der Waals surface area contributed by atoms with E-state index in [2.05, 4.69) is 10.3 Å². The Balaban J connectivity index is 1.93. The first-order valence-electron chi connectivity index (χ1n) is 7.82. The molecule has 1 amide bonds. The van der Waals surface area contributed by atoms with E-state index >= 15 is 0 Å². The first-order chi connectivity index (χ1) is 12.4. The molecule has 3 rings (SSSR count). The van der Waals surface area contributed by atoms with E-state index < -0.39 is 11.7 Å². The van der Waals surface area contributed by atoms with E-state index in [1.807, 2.05) is 0 Å². The summed E-state index contributed by atoms with van der Waals surface area (Å²) >= 11 is 5.90. The van der Waals surface area contributed by atoms with Gasteiger partial charge < -0.3 is 5.32 Å². The molecule has 1 N–H and O–H groups in total. The monoisotopic (exact) mass is 371 g/mol. The Morgan fingerprint density at radius 2 is 1.92 bits per heavy atom. The summed E-state index contributed by atoms with van der Waals surface area (Å²) in [5.74, 6) is -0.492. The van der Waals surface area contributed by atoms with E-state index in [-0.39, 0.29) is 12.1 Å². The van der Waals surface area contributed by atoms with Crippen LogP contribution in [0.15, 0.2) is 59.4 Å². The smallest absolute Gasteiger partial charge is 0.254 e. The molecule has 26 heavy (non-hydrogen) atoms. The lowest BCUT2D eigenvalue weighted by atomic mass is 10.2. The molecule has 0 saturated carbocycles. The van der Waals surface area contributed by atoms with Crippen LogP contribution >= 0.6 is 11.6 Å². The van der Waals surface area contributed by atoms with Crippen molar-refractivity contribution in [2.75, 3.05) is 5.32 Å². The van der Waals surface area contributed by atoms with E-state index in [9.17, 15) is 14.0 Å². The number of carbonyl (C=O) groups excluding carboxylic acids is 1. The number of amides is 1. The second kappa shape index (κ2) is 7.49. The van der Waals surface area contributed by atoms with Gasteiger partial charge in [-0.2, -0.15) is 0 Å².